The van der Waals surface area contributed by atoms with Crippen LogP contribution in [0.2, 0.25) is 5.02 Å². The van der Waals surface area contributed by atoms with Crippen LogP contribution in [0.5, 0.6) is 0 Å². The predicted molar refractivity (Wildman–Crippen MR) is 65.0 cm³/mol. The first-order chi connectivity index (χ1) is 7.09. The van der Waals surface area contributed by atoms with E-state index in [1.54, 1.807) is 24.3 Å². The van der Waals surface area contributed by atoms with E-state index in [2.05, 4.69) is 15.9 Å². The quantitative estimate of drug-likeness (QED) is 0.679. The number of aliphatic carboxylic acids is 1. The van der Waals surface area contributed by atoms with Crippen LogP contribution in [-0.2, 0) is 4.79 Å². The number of benzene rings is 1. The van der Waals surface area contributed by atoms with E-state index in [9.17, 15) is 4.79 Å². The standard InChI is InChI=1S/C11H8BrClO2/c12-10-6-5-9(13)7-8(10)3-1-2-4-11(14)15/h1-7H,(H,14,15)/b3-1+,4-2+. The summed E-state index contributed by atoms with van der Waals surface area (Å²) in [5.74, 6) is -0.968. The molecule has 4 heteroatoms. The first-order valence-corrected chi connectivity index (χ1v) is 5.29. The average molecular weight is 288 g/mol. The summed E-state index contributed by atoms with van der Waals surface area (Å²) >= 11 is 9.17. The molecule has 0 amide bonds. The first kappa shape index (κ1) is 12.0. The number of rotatable bonds is 3. The molecule has 0 saturated heterocycles. The van der Waals surface area contributed by atoms with Crippen LogP contribution in [0.15, 0.2) is 40.9 Å². The van der Waals surface area contributed by atoms with Gasteiger partial charge in [-0.05, 0) is 23.8 Å². The highest BCUT2D eigenvalue weighted by atomic mass is 79.9. The van der Waals surface area contributed by atoms with Crippen molar-refractivity contribution in [1.82, 2.24) is 0 Å². The Kier molecular flexibility index (Phi) is 4.59. The van der Waals surface area contributed by atoms with E-state index in [4.69, 9.17) is 16.7 Å². The van der Waals surface area contributed by atoms with Crippen LogP contribution < -0.4 is 0 Å². The molecular weight excluding hydrogens is 279 g/mol. The van der Waals surface area contributed by atoms with Crippen molar-refractivity contribution in [3.8, 4) is 0 Å². The number of carbonyl (C=O) groups is 1. The Morgan fingerprint density at radius 3 is 2.80 bits per heavy atom. The zero-order valence-corrected chi connectivity index (χ0v) is 9.99. The molecule has 0 aliphatic carbocycles. The van der Waals surface area contributed by atoms with E-state index in [1.165, 1.54) is 6.08 Å². The molecule has 1 N–H and O–H groups in total. The fraction of sp³-hybridized carbons (Fsp3) is 0. The van der Waals surface area contributed by atoms with Gasteiger partial charge >= 0.3 is 5.97 Å². The van der Waals surface area contributed by atoms with Crippen LogP contribution >= 0.6 is 27.5 Å². The van der Waals surface area contributed by atoms with Gasteiger partial charge in [-0.3, -0.25) is 0 Å². The normalized spacial score (nSPS) is 11.3. The van der Waals surface area contributed by atoms with Crippen molar-refractivity contribution in [3.05, 3.63) is 51.5 Å². The highest BCUT2D eigenvalue weighted by molar-refractivity contribution is 9.10. The molecule has 0 aliphatic heterocycles. The Balaban J connectivity index is 2.80. The minimum Gasteiger partial charge on any atom is -0.478 e. The van der Waals surface area contributed by atoms with Gasteiger partial charge < -0.3 is 5.11 Å². The van der Waals surface area contributed by atoms with Crippen molar-refractivity contribution in [3.63, 3.8) is 0 Å². The third kappa shape index (κ3) is 4.32. The average Bonchev–Trinajstić information content (AvgIpc) is 2.17. The molecule has 15 heavy (non-hydrogen) atoms. The summed E-state index contributed by atoms with van der Waals surface area (Å²) in [5, 5.41) is 9.00. The lowest BCUT2D eigenvalue weighted by Crippen LogP contribution is -1.84. The predicted octanol–water partition coefficient (Wildman–Crippen LogP) is 3.76. The minimum absolute atomic E-state index is 0.639. The summed E-state index contributed by atoms with van der Waals surface area (Å²) < 4.78 is 0.909. The van der Waals surface area contributed by atoms with Crippen LogP contribution in [0.4, 0.5) is 0 Å². The molecule has 1 aromatic carbocycles. The molecule has 1 rings (SSSR count). The van der Waals surface area contributed by atoms with Crippen molar-refractivity contribution in [1.29, 1.82) is 0 Å². The molecule has 2 nitrogen and oxygen atoms in total. The maximum Gasteiger partial charge on any atom is 0.328 e. The van der Waals surface area contributed by atoms with Crippen molar-refractivity contribution < 1.29 is 9.90 Å². The molecule has 0 atom stereocenters. The van der Waals surface area contributed by atoms with E-state index in [1.807, 2.05) is 6.07 Å². The molecule has 0 fully saturated rings. The summed E-state index contributed by atoms with van der Waals surface area (Å²) in [7, 11) is 0. The van der Waals surface area contributed by atoms with Gasteiger partial charge in [0.05, 0.1) is 0 Å². The van der Waals surface area contributed by atoms with E-state index < -0.39 is 5.97 Å². The number of hydrogen-bond acceptors (Lipinski definition) is 1. The molecule has 0 unspecified atom stereocenters. The zero-order valence-electron chi connectivity index (χ0n) is 7.65. The van der Waals surface area contributed by atoms with Crippen molar-refractivity contribution in [2.75, 3.05) is 0 Å². The Morgan fingerprint density at radius 1 is 1.40 bits per heavy atom. The van der Waals surface area contributed by atoms with Gasteiger partial charge in [-0.15, -0.1) is 0 Å². The lowest BCUT2D eigenvalue weighted by molar-refractivity contribution is -0.131. The van der Waals surface area contributed by atoms with Gasteiger partial charge in [-0.25, -0.2) is 4.79 Å². The number of carboxylic acid groups (broad SMARTS) is 1. The smallest absolute Gasteiger partial charge is 0.328 e. The Hall–Kier alpha value is -1.06. The maximum atomic E-state index is 10.2. The van der Waals surface area contributed by atoms with Gasteiger partial charge in [-0.1, -0.05) is 45.8 Å². The third-order valence-electron chi connectivity index (χ3n) is 1.58. The molecule has 0 saturated carbocycles. The fourth-order valence-corrected chi connectivity index (χ4v) is 1.50. The lowest BCUT2D eigenvalue weighted by Gasteiger charge is -1.97. The molecule has 78 valence electrons. The van der Waals surface area contributed by atoms with Crippen molar-refractivity contribution in [2.24, 2.45) is 0 Å². The summed E-state index contributed by atoms with van der Waals surface area (Å²) in [6, 6.07) is 5.40. The van der Waals surface area contributed by atoms with E-state index in [-0.39, 0.29) is 0 Å². The molecule has 0 spiro atoms. The second-order valence-electron chi connectivity index (χ2n) is 2.72. The highest BCUT2D eigenvalue weighted by Gasteiger charge is 1.95. The van der Waals surface area contributed by atoms with Gasteiger partial charge in [0.25, 0.3) is 0 Å². The first-order valence-electron chi connectivity index (χ1n) is 4.12. The molecule has 0 heterocycles. The van der Waals surface area contributed by atoms with Crippen molar-refractivity contribution in [2.45, 2.75) is 0 Å². The van der Waals surface area contributed by atoms with Gasteiger partial charge in [0.1, 0.15) is 0 Å². The van der Waals surface area contributed by atoms with Crippen LogP contribution in [0.25, 0.3) is 6.08 Å². The SMILES string of the molecule is O=C(O)/C=C/C=C/c1cc(Cl)ccc1Br. The van der Waals surface area contributed by atoms with Gasteiger partial charge in [0, 0.05) is 15.6 Å². The van der Waals surface area contributed by atoms with Gasteiger partial charge in [0.15, 0.2) is 0 Å². The van der Waals surface area contributed by atoms with Crippen LogP contribution in [0, 0.1) is 0 Å². The van der Waals surface area contributed by atoms with E-state index in [0.717, 1.165) is 16.1 Å². The van der Waals surface area contributed by atoms with E-state index >= 15 is 0 Å². The molecule has 1 aromatic rings. The second-order valence-corrected chi connectivity index (χ2v) is 4.01. The highest BCUT2D eigenvalue weighted by Crippen LogP contribution is 2.22. The monoisotopic (exact) mass is 286 g/mol. The Morgan fingerprint density at radius 2 is 2.13 bits per heavy atom. The Bertz CT molecular complexity index is 425. The molecule has 0 aromatic heterocycles. The lowest BCUT2D eigenvalue weighted by atomic mass is 10.2. The van der Waals surface area contributed by atoms with E-state index in [0.29, 0.717) is 5.02 Å². The minimum atomic E-state index is -0.968. The summed E-state index contributed by atoms with van der Waals surface area (Å²) in [5.41, 5.74) is 0.900. The summed E-state index contributed by atoms with van der Waals surface area (Å²) in [6.07, 6.45) is 5.94. The van der Waals surface area contributed by atoms with Crippen LogP contribution in [-0.4, -0.2) is 11.1 Å². The number of allylic oxidation sites excluding steroid dienone is 2. The Labute approximate surface area is 101 Å². The molecule has 0 aliphatic rings. The molecule has 0 bridgehead atoms. The second kappa shape index (κ2) is 5.73. The zero-order chi connectivity index (χ0) is 11.3. The topological polar surface area (TPSA) is 37.3 Å². The third-order valence-corrected chi connectivity index (χ3v) is 2.54. The van der Waals surface area contributed by atoms with Gasteiger partial charge in [-0.2, -0.15) is 0 Å². The maximum absolute atomic E-state index is 10.2. The van der Waals surface area contributed by atoms with Crippen LogP contribution in [0.3, 0.4) is 0 Å². The largest absolute Gasteiger partial charge is 0.478 e. The molecule has 0 radical (unpaired) electrons. The number of hydrogen-bond donors (Lipinski definition) is 1. The van der Waals surface area contributed by atoms with Crippen molar-refractivity contribution >= 4 is 39.6 Å². The summed E-state index contributed by atoms with van der Waals surface area (Å²) in [6.45, 7) is 0. The van der Waals surface area contributed by atoms with Gasteiger partial charge in [0.2, 0.25) is 0 Å². The fourth-order valence-electron chi connectivity index (χ4n) is 0.939. The summed E-state index contributed by atoms with van der Waals surface area (Å²) in [4.78, 5) is 10.2. The number of halogens is 2. The van der Waals surface area contributed by atoms with Crippen LogP contribution in [0.1, 0.15) is 5.56 Å². The number of carboxylic acids is 1. The molecular formula is C11H8BrClO2.